The summed E-state index contributed by atoms with van der Waals surface area (Å²) >= 11 is 0. The topological polar surface area (TPSA) is 104 Å². The number of hydrogen-bond donors (Lipinski definition) is 3. The SMILES string of the molecule is CCCCCCO.O=[P+](O)O[P+](=O)O. The molecule has 0 aromatic rings. The van der Waals surface area contributed by atoms with Crippen molar-refractivity contribution in [3.05, 3.63) is 0 Å². The summed E-state index contributed by atoms with van der Waals surface area (Å²) in [7, 11) is -5.85. The molecule has 0 bridgehead atoms. The largest absolute Gasteiger partial charge is 0.745 e. The van der Waals surface area contributed by atoms with Crippen molar-refractivity contribution in [2.24, 2.45) is 0 Å². The Morgan fingerprint density at radius 3 is 1.79 bits per heavy atom. The molecule has 6 nitrogen and oxygen atoms in total. The van der Waals surface area contributed by atoms with E-state index in [-0.39, 0.29) is 0 Å². The molecule has 0 saturated carbocycles. The molecule has 84 valence electrons. The van der Waals surface area contributed by atoms with Crippen LogP contribution in [0.3, 0.4) is 0 Å². The summed E-state index contributed by atoms with van der Waals surface area (Å²) in [5.41, 5.74) is 0. The van der Waals surface area contributed by atoms with Gasteiger partial charge in [-0.1, -0.05) is 26.2 Å². The molecule has 0 aliphatic rings. The fourth-order valence-corrected chi connectivity index (χ4v) is 1.08. The lowest BCUT2D eigenvalue weighted by Crippen LogP contribution is -1.80. The molecule has 3 N–H and O–H groups in total. The predicted molar refractivity (Wildman–Crippen MR) is 52.0 cm³/mol. The monoisotopic (exact) mass is 246 g/mol. The van der Waals surface area contributed by atoms with Crippen LogP contribution in [0, 0.1) is 0 Å². The zero-order chi connectivity index (χ0) is 11.4. The number of aliphatic hydroxyl groups excluding tert-OH is 1. The van der Waals surface area contributed by atoms with Crippen LogP contribution in [-0.2, 0) is 13.4 Å². The summed E-state index contributed by atoms with van der Waals surface area (Å²) < 4.78 is 22.2. The summed E-state index contributed by atoms with van der Waals surface area (Å²) in [5, 5.41) is 8.29. The van der Waals surface area contributed by atoms with E-state index in [0.29, 0.717) is 6.61 Å². The number of unbranched alkanes of at least 4 members (excludes halogenated alkanes) is 3. The summed E-state index contributed by atoms with van der Waals surface area (Å²) in [4.78, 5) is 15.3. The van der Waals surface area contributed by atoms with E-state index in [2.05, 4.69) is 11.2 Å². The minimum atomic E-state index is -2.92. The Morgan fingerprint density at radius 1 is 1.07 bits per heavy atom. The Balaban J connectivity index is 0. The van der Waals surface area contributed by atoms with Gasteiger partial charge in [0.2, 0.25) is 0 Å². The van der Waals surface area contributed by atoms with Crippen molar-refractivity contribution in [2.45, 2.75) is 32.6 Å². The average Bonchev–Trinajstić information content (AvgIpc) is 2.04. The van der Waals surface area contributed by atoms with Crippen molar-refractivity contribution in [2.75, 3.05) is 6.61 Å². The van der Waals surface area contributed by atoms with Crippen molar-refractivity contribution in [1.29, 1.82) is 0 Å². The fraction of sp³-hybridized carbons (Fsp3) is 1.00. The molecule has 2 atom stereocenters. The number of aliphatic hydroxyl groups is 1. The average molecular weight is 246 g/mol. The van der Waals surface area contributed by atoms with E-state index < -0.39 is 16.5 Å². The summed E-state index contributed by atoms with van der Waals surface area (Å²) in [6.07, 6.45) is 4.68. The summed E-state index contributed by atoms with van der Waals surface area (Å²) in [5.74, 6) is 0. The maximum atomic E-state index is 9.39. The molecule has 0 amide bonds. The molecule has 0 heterocycles. The highest BCUT2D eigenvalue weighted by Crippen LogP contribution is 2.30. The van der Waals surface area contributed by atoms with Gasteiger partial charge in [-0.15, -0.1) is 9.79 Å². The first kappa shape index (κ1) is 16.5. The van der Waals surface area contributed by atoms with Gasteiger partial charge < -0.3 is 5.11 Å². The maximum absolute atomic E-state index is 9.39. The van der Waals surface area contributed by atoms with E-state index >= 15 is 0 Å². The lowest BCUT2D eigenvalue weighted by molar-refractivity contribution is 0.283. The third-order valence-corrected chi connectivity index (χ3v) is 2.27. The molecule has 0 saturated heterocycles. The van der Waals surface area contributed by atoms with E-state index in [9.17, 15) is 9.13 Å². The van der Waals surface area contributed by atoms with E-state index in [1.807, 2.05) is 0 Å². The second-order valence-corrected chi connectivity index (χ2v) is 3.95. The van der Waals surface area contributed by atoms with Gasteiger partial charge in [0.15, 0.2) is 4.31 Å². The van der Waals surface area contributed by atoms with Gasteiger partial charge in [0, 0.05) is 15.7 Å². The van der Waals surface area contributed by atoms with E-state index in [1.165, 1.54) is 19.3 Å². The standard InChI is InChI=1S/C6H14O.O5P2/c1-2-3-4-5-6-7;1-6(2)5-7(3)4/h7H,2-6H2,1H3;/p+2. The number of hydrogen-bond acceptors (Lipinski definition) is 4. The predicted octanol–water partition coefficient (Wildman–Crippen LogP) is 1.86. The molecule has 0 fully saturated rings. The Morgan fingerprint density at radius 2 is 1.57 bits per heavy atom. The Bertz CT molecular complexity index is 146. The normalized spacial score (nSPS) is 11.4. The van der Waals surface area contributed by atoms with Gasteiger partial charge >= 0.3 is 16.5 Å². The highest BCUT2D eigenvalue weighted by molar-refractivity contribution is 7.46. The molecule has 0 spiro atoms. The van der Waals surface area contributed by atoms with E-state index in [4.69, 9.17) is 14.9 Å². The molecule has 0 rings (SSSR count). The van der Waals surface area contributed by atoms with Crippen LogP contribution in [-0.4, -0.2) is 21.5 Å². The molecule has 0 aliphatic carbocycles. The third kappa shape index (κ3) is 22.7. The van der Waals surface area contributed by atoms with Crippen LogP contribution in [0.4, 0.5) is 0 Å². The molecule has 14 heavy (non-hydrogen) atoms. The van der Waals surface area contributed by atoms with Crippen LogP contribution in [0.5, 0.6) is 0 Å². The summed E-state index contributed by atoms with van der Waals surface area (Å²) in [6, 6.07) is 0. The Labute approximate surface area is 84.8 Å². The van der Waals surface area contributed by atoms with Gasteiger partial charge in [0.25, 0.3) is 0 Å². The quantitative estimate of drug-likeness (QED) is 0.488. The molecule has 2 unspecified atom stereocenters. The first-order chi connectivity index (χ1) is 6.54. The first-order valence-corrected chi connectivity index (χ1v) is 6.41. The van der Waals surface area contributed by atoms with Gasteiger partial charge in [0.1, 0.15) is 0 Å². The van der Waals surface area contributed by atoms with Crippen LogP contribution in [0.25, 0.3) is 0 Å². The molecule has 0 radical (unpaired) electrons. The van der Waals surface area contributed by atoms with E-state index in [1.54, 1.807) is 0 Å². The first-order valence-electron chi connectivity index (χ1n) is 4.15. The lowest BCUT2D eigenvalue weighted by Gasteiger charge is -1.90. The van der Waals surface area contributed by atoms with Crippen molar-refractivity contribution in [3.63, 3.8) is 0 Å². The lowest BCUT2D eigenvalue weighted by atomic mass is 10.2. The van der Waals surface area contributed by atoms with Crippen molar-refractivity contribution in [3.8, 4) is 0 Å². The Kier molecular flexibility index (Phi) is 15.3. The van der Waals surface area contributed by atoms with E-state index in [0.717, 1.165) is 6.42 Å². The minimum Gasteiger partial charge on any atom is -0.396 e. The zero-order valence-corrected chi connectivity index (χ0v) is 9.79. The fourth-order valence-electron chi connectivity index (χ4n) is 0.598. The summed E-state index contributed by atoms with van der Waals surface area (Å²) in [6.45, 7) is 2.53. The molecule has 0 aliphatic heterocycles. The second-order valence-electron chi connectivity index (χ2n) is 2.34. The second kappa shape index (κ2) is 13.0. The van der Waals surface area contributed by atoms with Gasteiger partial charge in [-0.3, -0.25) is 0 Å². The van der Waals surface area contributed by atoms with Gasteiger partial charge in [-0.2, -0.15) is 0 Å². The van der Waals surface area contributed by atoms with Gasteiger partial charge in [-0.25, -0.2) is 0 Å². The van der Waals surface area contributed by atoms with Crippen LogP contribution in [0.2, 0.25) is 0 Å². The van der Waals surface area contributed by atoms with Crippen LogP contribution in [0.15, 0.2) is 0 Å². The molecular weight excluding hydrogens is 230 g/mol. The van der Waals surface area contributed by atoms with Gasteiger partial charge in [-0.05, 0) is 6.42 Å². The molecule has 0 aromatic carbocycles. The highest BCUT2D eigenvalue weighted by atomic mass is 31.2. The third-order valence-electron chi connectivity index (χ3n) is 1.15. The van der Waals surface area contributed by atoms with Crippen molar-refractivity contribution in [1.82, 2.24) is 0 Å². The molecule has 8 heteroatoms. The Hall–Kier alpha value is 0.0400. The van der Waals surface area contributed by atoms with Crippen LogP contribution >= 0.6 is 16.5 Å². The van der Waals surface area contributed by atoms with Crippen LogP contribution in [0.1, 0.15) is 32.6 Å². The molecule has 0 aromatic heterocycles. The smallest absolute Gasteiger partial charge is 0.396 e. The van der Waals surface area contributed by atoms with Crippen LogP contribution < -0.4 is 0 Å². The molecular formula is C6H16O6P2+2. The van der Waals surface area contributed by atoms with Crippen molar-refractivity contribution < 1.29 is 28.3 Å². The van der Waals surface area contributed by atoms with Crippen molar-refractivity contribution >= 4 is 16.5 Å². The minimum absolute atomic E-state index is 0.361. The zero-order valence-electron chi connectivity index (χ0n) is 8.00. The number of rotatable bonds is 6. The maximum Gasteiger partial charge on any atom is 0.745 e. The van der Waals surface area contributed by atoms with Gasteiger partial charge in [0.05, 0.1) is 0 Å². The highest BCUT2D eigenvalue weighted by Gasteiger charge is 2.31.